The Morgan fingerprint density at radius 2 is 2.05 bits per heavy atom. The number of nitrogens with zero attached hydrogens (tertiary/aromatic N) is 2. The Morgan fingerprint density at radius 3 is 2.70 bits per heavy atom. The average Bonchev–Trinajstić information content (AvgIpc) is 2.64. The number of nitrogens with one attached hydrogen (secondary N) is 1. The van der Waals surface area contributed by atoms with Crippen LogP contribution in [0.2, 0.25) is 0 Å². The zero-order chi connectivity index (χ0) is 14.5. The normalized spacial score (nSPS) is 22.9. The van der Waals surface area contributed by atoms with E-state index in [0.717, 1.165) is 37.2 Å². The molecule has 1 aromatic rings. The van der Waals surface area contributed by atoms with E-state index in [1.54, 1.807) is 6.20 Å². The first-order chi connectivity index (χ1) is 9.58. The minimum Gasteiger partial charge on any atom is -0.363 e. The summed E-state index contributed by atoms with van der Waals surface area (Å²) in [6.45, 7) is 0. The summed E-state index contributed by atoms with van der Waals surface area (Å²) < 4.78 is 0. The fourth-order valence-corrected chi connectivity index (χ4v) is 2.62. The van der Waals surface area contributed by atoms with Crippen molar-refractivity contribution in [2.24, 2.45) is 11.7 Å². The molecule has 1 aliphatic rings. The SMILES string of the molecule is CN(C)c1ccc(NC(=O)C2CCCCCC2N)cn1. The van der Waals surface area contributed by atoms with Gasteiger partial charge in [0.25, 0.3) is 0 Å². The molecule has 0 radical (unpaired) electrons. The Kier molecular flexibility index (Phi) is 4.95. The molecule has 1 aromatic heterocycles. The van der Waals surface area contributed by atoms with Crippen LogP contribution in [-0.4, -0.2) is 31.0 Å². The smallest absolute Gasteiger partial charge is 0.229 e. The molecule has 5 nitrogen and oxygen atoms in total. The molecule has 1 saturated carbocycles. The molecule has 0 aliphatic heterocycles. The highest BCUT2D eigenvalue weighted by Crippen LogP contribution is 2.23. The zero-order valence-corrected chi connectivity index (χ0v) is 12.3. The maximum absolute atomic E-state index is 12.3. The lowest BCUT2D eigenvalue weighted by Crippen LogP contribution is -2.37. The second-order valence-corrected chi connectivity index (χ2v) is 5.70. The molecule has 1 heterocycles. The van der Waals surface area contributed by atoms with E-state index in [9.17, 15) is 4.79 Å². The van der Waals surface area contributed by atoms with E-state index in [-0.39, 0.29) is 17.9 Å². The molecule has 110 valence electrons. The Labute approximate surface area is 120 Å². The molecule has 1 fully saturated rings. The number of aromatic nitrogens is 1. The van der Waals surface area contributed by atoms with Crippen molar-refractivity contribution in [3.8, 4) is 0 Å². The molecule has 1 aliphatic carbocycles. The zero-order valence-electron chi connectivity index (χ0n) is 12.3. The van der Waals surface area contributed by atoms with Gasteiger partial charge in [0.2, 0.25) is 5.91 Å². The molecule has 1 amide bonds. The third-order valence-corrected chi connectivity index (χ3v) is 3.88. The van der Waals surface area contributed by atoms with E-state index in [4.69, 9.17) is 5.73 Å². The Balaban J connectivity index is 1.99. The summed E-state index contributed by atoms with van der Waals surface area (Å²) in [5.74, 6) is 0.819. The third-order valence-electron chi connectivity index (χ3n) is 3.88. The van der Waals surface area contributed by atoms with Gasteiger partial charge in [0, 0.05) is 20.1 Å². The molecule has 0 aromatic carbocycles. The lowest BCUT2D eigenvalue weighted by atomic mass is 9.94. The van der Waals surface area contributed by atoms with Gasteiger partial charge in [0.15, 0.2) is 0 Å². The molecule has 2 rings (SSSR count). The van der Waals surface area contributed by atoms with Crippen LogP contribution in [-0.2, 0) is 4.79 Å². The lowest BCUT2D eigenvalue weighted by Gasteiger charge is -2.20. The fourth-order valence-electron chi connectivity index (χ4n) is 2.62. The van der Waals surface area contributed by atoms with E-state index in [1.807, 2.05) is 31.1 Å². The number of amides is 1. The van der Waals surface area contributed by atoms with Crippen molar-refractivity contribution < 1.29 is 4.79 Å². The van der Waals surface area contributed by atoms with Crippen LogP contribution in [0.5, 0.6) is 0 Å². The second kappa shape index (κ2) is 6.70. The van der Waals surface area contributed by atoms with Crippen LogP contribution in [0.4, 0.5) is 11.5 Å². The topological polar surface area (TPSA) is 71.2 Å². The number of pyridine rings is 1. The van der Waals surface area contributed by atoms with E-state index in [2.05, 4.69) is 10.3 Å². The minimum absolute atomic E-state index is 0.0218. The average molecular weight is 276 g/mol. The summed E-state index contributed by atoms with van der Waals surface area (Å²) in [6.07, 6.45) is 6.91. The predicted molar refractivity (Wildman–Crippen MR) is 81.7 cm³/mol. The van der Waals surface area contributed by atoms with Crippen molar-refractivity contribution in [3.05, 3.63) is 18.3 Å². The highest BCUT2D eigenvalue weighted by molar-refractivity contribution is 5.93. The van der Waals surface area contributed by atoms with Gasteiger partial charge < -0.3 is 16.0 Å². The summed E-state index contributed by atoms with van der Waals surface area (Å²) in [6, 6.07) is 3.75. The van der Waals surface area contributed by atoms with Gasteiger partial charge in [-0.2, -0.15) is 0 Å². The summed E-state index contributed by atoms with van der Waals surface area (Å²) in [5.41, 5.74) is 6.85. The summed E-state index contributed by atoms with van der Waals surface area (Å²) in [5, 5.41) is 2.94. The second-order valence-electron chi connectivity index (χ2n) is 5.70. The number of hydrogen-bond acceptors (Lipinski definition) is 4. The van der Waals surface area contributed by atoms with Gasteiger partial charge in [0.05, 0.1) is 17.8 Å². The number of nitrogens with two attached hydrogens (primary N) is 1. The van der Waals surface area contributed by atoms with Gasteiger partial charge in [-0.25, -0.2) is 4.98 Å². The van der Waals surface area contributed by atoms with Crippen molar-refractivity contribution in [2.75, 3.05) is 24.3 Å². The van der Waals surface area contributed by atoms with Gasteiger partial charge >= 0.3 is 0 Å². The van der Waals surface area contributed by atoms with E-state index < -0.39 is 0 Å². The predicted octanol–water partition coefficient (Wildman–Crippen LogP) is 1.99. The number of carbonyl (C=O) groups is 1. The molecule has 5 heteroatoms. The highest BCUT2D eigenvalue weighted by Gasteiger charge is 2.27. The molecule has 0 bridgehead atoms. The highest BCUT2D eigenvalue weighted by atomic mass is 16.1. The summed E-state index contributed by atoms with van der Waals surface area (Å²) >= 11 is 0. The first-order valence-electron chi connectivity index (χ1n) is 7.28. The standard InChI is InChI=1S/C15H24N4O/c1-19(2)14-9-8-11(10-17-14)18-15(20)12-6-4-3-5-7-13(12)16/h8-10,12-13H,3-7,16H2,1-2H3,(H,18,20). The molecule has 3 N–H and O–H groups in total. The Bertz CT molecular complexity index is 444. The van der Waals surface area contributed by atoms with Crippen molar-refractivity contribution in [1.29, 1.82) is 0 Å². The number of rotatable bonds is 3. The fraction of sp³-hybridized carbons (Fsp3) is 0.600. The number of carbonyl (C=O) groups excluding carboxylic acids is 1. The van der Waals surface area contributed by atoms with Gasteiger partial charge in [-0.05, 0) is 25.0 Å². The Hall–Kier alpha value is -1.62. The van der Waals surface area contributed by atoms with E-state index >= 15 is 0 Å². The number of hydrogen-bond donors (Lipinski definition) is 2. The quantitative estimate of drug-likeness (QED) is 0.828. The maximum atomic E-state index is 12.3. The van der Waals surface area contributed by atoms with Crippen molar-refractivity contribution in [1.82, 2.24) is 4.98 Å². The van der Waals surface area contributed by atoms with Crippen LogP contribution in [0.25, 0.3) is 0 Å². The first kappa shape index (κ1) is 14.8. The summed E-state index contributed by atoms with van der Waals surface area (Å²) in [7, 11) is 3.87. The van der Waals surface area contributed by atoms with E-state index in [1.165, 1.54) is 6.42 Å². The monoisotopic (exact) mass is 276 g/mol. The minimum atomic E-state index is -0.0778. The largest absolute Gasteiger partial charge is 0.363 e. The van der Waals surface area contributed by atoms with Crippen molar-refractivity contribution in [2.45, 2.75) is 38.1 Å². The lowest BCUT2D eigenvalue weighted by molar-refractivity contribution is -0.120. The van der Waals surface area contributed by atoms with Crippen LogP contribution in [0.15, 0.2) is 18.3 Å². The molecule has 2 atom stereocenters. The van der Waals surface area contributed by atoms with E-state index in [0.29, 0.717) is 0 Å². The molecular formula is C15H24N4O. The molecule has 2 unspecified atom stereocenters. The Morgan fingerprint density at radius 1 is 1.30 bits per heavy atom. The van der Waals surface area contributed by atoms with Gasteiger partial charge in [-0.1, -0.05) is 19.3 Å². The van der Waals surface area contributed by atoms with Crippen LogP contribution < -0.4 is 16.0 Å². The third kappa shape index (κ3) is 3.70. The maximum Gasteiger partial charge on any atom is 0.229 e. The van der Waals surface area contributed by atoms with Crippen LogP contribution in [0, 0.1) is 5.92 Å². The van der Waals surface area contributed by atoms with Crippen molar-refractivity contribution in [3.63, 3.8) is 0 Å². The van der Waals surface area contributed by atoms with Gasteiger partial charge in [-0.3, -0.25) is 4.79 Å². The van der Waals surface area contributed by atoms with Crippen LogP contribution >= 0.6 is 0 Å². The van der Waals surface area contributed by atoms with Crippen LogP contribution in [0.1, 0.15) is 32.1 Å². The molecule has 20 heavy (non-hydrogen) atoms. The molecule has 0 spiro atoms. The molecular weight excluding hydrogens is 252 g/mol. The number of anilines is 2. The molecule has 0 saturated heterocycles. The van der Waals surface area contributed by atoms with Gasteiger partial charge in [0.1, 0.15) is 5.82 Å². The van der Waals surface area contributed by atoms with Crippen LogP contribution in [0.3, 0.4) is 0 Å². The first-order valence-corrected chi connectivity index (χ1v) is 7.28. The van der Waals surface area contributed by atoms with Gasteiger partial charge in [-0.15, -0.1) is 0 Å². The summed E-state index contributed by atoms with van der Waals surface area (Å²) in [4.78, 5) is 18.5. The van der Waals surface area contributed by atoms with Crippen molar-refractivity contribution >= 4 is 17.4 Å².